The molecule has 3 aromatic rings. The maximum atomic E-state index is 6.02. The molecule has 1 N–H and O–H groups in total. The Balaban J connectivity index is 2.68. The van der Waals surface area contributed by atoms with Crippen molar-refractivity contribution in [1.82, 2.24) is 19.5 Å². The van der Waals surface area contributed by atoms with Crippen LogP contribution in [-0.2, 0) is 7.05 Å². The van der Waals surface area contributed by atoms with Crippen LogP contribution in [0.2, 0.25) is 5.15 Å². The van der Waals surface area contributed by atoms with E-state index in [2.05, 4.69) is 15.0 Å². The molecule has 0 saturated carbocycles. The van der Waals surface area contributed by atoms with Crippen LogP contribution < -0.4 is 0 Å². The Bertz CT molecular complexity index is 622. The Morgan fingerprint density at radius 2 is 2.29 bits per heavy atom. The normalized spacial score (nSPS) is 11.6. The lowest BCUT2D eigenvalue weighted by molar-refractivity contribution is 0.973. The maximum absolute atomic E-state index is 6.02. The van der Waals surface area contributed by atoms with E-state index in [0.717, 1.165) is 22.1 Å². The van der Waals surface area contributed by atoms with Gasteiger partial charge in [0.25, 0.3) is 0 Å². The van der Waals surface area contributed by atoms with Gasteiger partial charge in [0.1, 0.15) is 17.1 Å². The van der Waals surface area contributed by atoms with Crippen molar-refractivity contribution in [2.75, 3.05) is 0 Å². The first-order valence-electron chi connectivity index (χ1n) is 4.20. The molecule has 0 aliphatic heterocycles. The quantitative estimate of drug-likeness (QED) is 0.573. The van der Waals surface area contributed by atoms with Gasteiger partial charge in [0.2, 0.25) is 0 Å². The lowest BCUT2D eigenvalue weighted by Gasteiger charge is -1.94. The second-order valence-corrected chi connectivity index (χ2v) is 3.56. The standard InChI is InChI=1S/C9H7ClN4/c1-14-3-2-5-7(14)6-8(10)11-4-12-9(6)13-5/h2-4H,1H3,(H,11,12,13). The highest BCUT2D eigenvalue weighted by Gasteiger charge is 2.11. The van der Waals surface area contributed by atoms with Crippen molar-refractivity contribution in [2.45, 2.75) is 0 Å². The number of nitrogens with one attached hydrogen (secondary N) is 1. The van der Waals surface area contributed by atoms with Gasteiger partial charge in [-0.25, -0.2) is 9.97 Å². The van der Waals surface area contributed by atoms with Crippen molar-refractivity contribution in [3.8, 4) is 0 Å². The molecular formula is C9H7ClN4. The molecule has 0 spiro atoms. The van der Waals surface area contributed by atoms with Crippen LogP contribution in [0.4, 0.5) is 0 Å². The molecule has 0 bridgehead atoms. The average molecular weight is 207 g/mol. The third-order valence-electron chi connectivity index (χ3n) is 2.36. The average Bonchev–Trinajstić information content (AvgIpc) is 2.67. The summed E-state index contributed by atoms with van der Waals surface area (Å²) in [5, 5.41) is 1.37. The first-order chi connectivity index (χ1) is 6.77. The zero-order chi connectivity index (χ0) is 9.71. The summed E-state index contributed by atoms with van der Waals surface area (Å²) in [6.45, 7) is 0. The van der Waals surface area contributed by atoms with Crippen LogP contribution in [0, 0.1) is 0 Å². The molecule has 0 fully saturated rings. The van der Waals surface area contributed by atoms with Gasteiger partial charge >= 0.3 is 0 Å². The van der Waals surface area contributed by atoms with E-state index in [-0.39, 0.29) is 0 Å². The Labute approximate surface area is 84.5 Å². The van der Waals surface area contributed by atoms with Crippen LogP contribution in [-0.4, -0.2) is 19.5 Å². The number of hydrogen-bond acceptors (Lipinski definition) is 2. The van der Waals surface area contributed by atoms with E-state index in [1.54, 1.807) is 0 Å². The molecule has 0 atom stereocenters. The molecule has 3 heterocycles. The summed E-state index contributed by atoms with van der Waals surface area (Å²) in [4.78, 5) is 11.3. The van der Waals surface area contributed by atoms with E-state index in [1.807, 2.05) is 23.9 Å². The Kier molecular flexibility index (Phi) is 1.39. The summed E-state index contributed by atoms with van der Waals surface area (Å²) < 4.78 is 2.00. The SMILES string of the molecule is Cn1ccc2[nH]c3ncnc(Cl)c3c21. The van der Waals surface area contributed by atoms with Gasteiger partial charge < -0.3 is 9.55 Å². The fourth-order valence-corrected chi connectivity index (χ4v) is 1.96. The first kappa shape index (κ1) is 7.82. The fourth-order valence-electron chi connectivity index (χ4n) is 1.74. The van der Waals surface area contributed by atoms with Gasteiger partial charge in [-0.1, -0.05) is 11.6 Å². The zero-order valence-electron chi connectivity index (χ0n) is 7.45. The number of aromatic amines is 1. The van der Waals surface area contributed by atoms with E-state index in [1.165, 1.54) is 6.33 Å². The Hall–Kier alpha value is -1.55. The number of halogens is 1. The van der Waals surface area contributed by atoms with Crippen molar-refractivity contribution >= 4 is 33.7 Å². The Morgan fingerprint density at radius 3 is 3.14 bits per heavy atom. The molecule has 70 valence electrons. The highest BCUT2D eigenvalue weighted by Crippen LogP contribution is 2.28. The molecule has 0 aliphatic rings. The van der Waals surface area contributed by atoms with Crippen LogP contribution >= 0.6 is 11.6 Å². The summed E-state index contributed by atoms with van der Waals surface area (Å²) >= 11 is 6.02. The van der Waals surface area contributed by atoms with Gasteiger partial charge in [0.05, 0.1) is 16.4 Å². The monoisotopic (exact) mass is 206 g/mol. The van der Waals surface area contributed by atoms with Crippen LogP contribution in [0.15, 0.2) is 18.6 Å². The predicted molar refractivity (Wildman–Crippen MR) is 55.4 cm³/mol. The van der Waals surface area contributed by atoms with Crippen LogP contribution in [0.3, 0.4) is 0 Å². The van der Waals surface area contributed by atoms with E-state index < -0.39 is 0 Å². The third-order valence-corrected chi connectivity index (χ3v) is 2.65. The number of aryl methyl sites for hydroxylation is 1. The summed E-state index contributed by atoms with van der Waals surface area (Å²) in [7, 11) is 1.97. The first-order valence-corrected chi connectivity index (χ1v) is 4.58. The molecule has 0 aliphatic carbocycles. The molecule has 0 unspecified atom stereocenters. The molecule has 5 heteroatoms. The van der Waals surface area contributed by atoms with E-state index in [9.17, 15) is 0 Å². The molecule has 0 aromatic carbocycles. The van der Waals surface area contributed by atoms with Crippen LogP contribution in [0.1, 0.15) is 0 Å². The smallest absolute Gasteiger partial charge is 0.144 e. The minimum absolute atomic E-state index is 0.489. The number of nitrogens with zero attached hydrogens (tertiary/aromatic N) is 3. The highest BCUT2D eigenvalue weighted by atomic mass is 35.5. The van der Waals surface area contributed by atoms with E-state index in [0.29, 0.717) is 5.15 Å². The van der Waals surface area contributed by atoms with Gasteiger partial charge in [0, 0.05) is 13.2 Å². The maximum Gasteiger partial charge on any atom is 0.144 e. The number of fused-ring (bicyclic) bond motifs is 3. The molecule has 3 rings (SSSR count). The minimum Gasteiger partial charge on any atom is -0.349 e. The van der Waals surface area contributed by atoms with Gasteiger partial charge in [-0.15, -0.1) is 0 Å². The summed E-state index contributed by atoms with van der Waals surface area (Å²) in [5.41, 5.74) is 2.86. The van der Waals surface area contributed by atoms with Crippen LogP contribution in [0.25, 0.3) is 22.1 Å². The summed E-state index contributed by atoms with van der Waals surface area (Å²) in [6, 6.07) is 1.99. The van der Waals surface area contributed by atoms with Gasteiger partial charge in [-0.05, 0) is 6.07 Å². The van der Waals surface area contributed by atoms with E-state index >= 15 is 0 Å². The fraction of sp³-hybridized carbons (Fsp3) is 0.111. The second kappa shape index (κ2) is 2.48. The lowest BCUT2D eigenvalue weighted by Crippen LogP contribution is -1.85. The third kappa shape index (κ3) is 0.834. The molecule has 0 saturated heterocycles. The largest absolute Gasteiger partial charge is 0.349 e. The topological polar surface area (TPSA) is 46.5 Å². The number of rotatable bonds is 0. The predicted octanol–water partition coefficient (Wildman–Crippen LogP) is 2.10. The van der Waals surface area contributed by atoms with Crippen molar-refractivity contribution in [1.29, 1.82) is 0 Å². The van der Waals surface area contributed by atoms with Crippen LogP contribution in [0.5, 0.6) is 0 Å². The second-order valence-electron chi connectivity index (χ2n) is 3.20. The van der Waals surface area contributed by atoms with Gasteiger partial charge in [-0.2, -0.15) is 0 Å². The molecule has 4 nitrogen and oxygen atoms in total. The zero-order valence-corrected chi connectivity index (χ0v) is 8.21. The number of H-pyrrole nitrogens is 1. The Morgan fingerprint density at radius 1 is 1.43 bits per heavy atom. The van der Waals surface area contributed by atoms with Crippen molar-refractivity contribution in [2.24, 2.45) is 7.05 Å². The molecule has 14 heavy (non-hydrogen) atoms. The molecule has 0 radical (unpaired) electrons. The summed E-state index contributed by atoms with van der Waals surface area (Å²) in [5.74, 6) is 0. The van der Waals surface area contributed by atoms with Gasteiger partial charge in [-0.3, -0.25) is 0 Å². The molecule has 3 aromatic heterocycles. The van der Waals surface area contributed by atoms with Crippen molar-refractivity contribution in [3.05, 3.63) is 23.7 Å². The molecular weight excluding hydrogens is 200 g/mol. The number of hydrogen-bond donors (Lipinski definition) is 1. The van der Waals surface area contributed by atoms with E-state index in [4.69, 9.17) is 11.6 Å². The highest BCUT2D eigenvalue weighted by molar-refractivity contribution is 6.36. The minimum atomic E-state index is 0.489. The molecule has 0 amide bonds. The summed E-state index contributed by atoms with van der Waals surface area (Å²) in [6.07, 6.45) is 3.43. The van der Waals surface area contributed by atoms with Gasteiger partial charge in [0.15, 0.2) is 0 Å². The lowest BCUT2D eigenvalue weighted by atomic mass is 10.3. The van der Waals surface area contributed by atoms with Crippen molar-refractivity contribution in [3.63, 3.8) is 0 Å². The number of aromatic nitrogens is 4. The van der Waals surface area contributed by atoms with Crippen molar-refractivity contribution < 1.29 is 0 Å².